The van der Waals surface area contributed by atoms with Crippen molar-refractivity contribution in [3.63, 3.8) is 0 Å². The van der Waals surface area contributed by atoms with Gasteiger partial charge in [0.25, 0.3) is 0 Å². The summed E-state index contributed by atoms with van der Waals surface area (Å²) >= 11 is 0. The lowest BCUT2D eigenvalue weighted by Gasteiger charge is -2.30. The van der Waals surface area contributed by atoms with Crippen LogP contribution in [-0.2, 0) is 0 Å². The van der Waals surface area contributed by atoms with Crippen LogP contribution in [-0.4, -0.2) is 11.0 Å². The van der Waals surface area contributed by atoms with Crippen molar-refractivity contribution in [3.05, 3.63) is 23.7 Å². The van der Waals surface area contributed by atoms with Gasteiger partial charge < -0.3 is 9.52 Å². The standard InChI is InChI=1S/C13H18F2O2/c1-9-11(4-6-17-9)12(16)7-10-3-2-5-13(14,15)8-10/h4,6,10,12,16H,2-3,5,7-8H2,1H3. The Morgan fingerprint density at radius 2 is 2.35 bits per heavy atom. The first kappa shape index (κ1) is 12.6. The average Bonchev–Trinajstić information content (AvgIpc) is 2.62. The first-order chi connectivity index (χ1) is 7.98. The van der Waals surface area contributed by atoms with Crippen molar-refractivity contribution in [2.75, 3.05) is 0 Å². The second-order valence-electron chi connectivity index (χ2n) is 5.00. The molecule has 1 saturated carbocycles. The van der Waals surface area contributed by atoms with Crippen LogP contribution in [0.5, 0.6) is 0 Å². The molecule has 2 rings (SSSR count). The maximum atomic E-state index is 13.2. The summed E-state index contributed by atoms with van der Waals surface area (Å²) in [5.74, 6) is -1.98. The molecule has 1 N–H and O–H groups in total. The molecule has 0 bridgehead atoms. The molecule has 17 heavy (non-hydrogen) atoms. The zero-order valence-electron chi connectivity index (χ0n) is 9.96. The van der Waals surface area contributed by atoms with Crippen LogP contribution in [0.4, 0.5) is 8.78 Å². The Labute approximate surface area is 99.6 Å². The number of furan rings is 1. The highest BCUT2D eigenvalue weighted by Gasteiger charge is 2.37. The molecule has 1 aliphatic carbocycles. The van der Waals surface area contributed by atoms with E-state index in [4.69, 9.17) is 4.42 Å². The molecule has 1 aliphatic rings. The highest BCUT2D eigenvalue weighted by Crippen LogP contribution is 2.40. The summed E-state index contributed by atoms with van der Waals surface area (Å²) in [4.78, 5) is 0. The largest absolute Gasteiger partial charge is 0.469 e. The Morgan fingerprint density at radius 1 is 1.59 bits per heavy atom. The summed E-state index contributed by atoms with van der Waals surface area (Å²) in [7, 11) is 0. The van der Waals surface area contributed by atoms with E-state index in [2.05, 4.69) is 0 Å². The Bertz CT molecular complexity index is 373. The topological polar surface area (TPSA) is 33.4 Å². The molecule has 0 radical (unpaired) electrons. The summed E-state index contributed by atoms with van der Waals surface area (Å²) in [6.45, 7) is 1.77. The summed E-state index contributed by atoms with van der Waals surface area (Å²) in [6.07, 6.45) is 2.45. The van der Waals surface area contributed by atoms with E-state index in [0.29, 0.717) is 18.6 Å². The zero-order valence-corrected chi connectivity index (χ0v) is 9.96. The second-order valence-corrected chi connectivity index (χ2v) is 5.00. The van der Waals surface area contributed by atoms with Gasteiger partial charge in [-0.15, -0.1) is 0 Å². The second kappa shape index (κ2) is 4.77. The van der Waals surface area contributed by atoms with E-state index >= 15 is 0 Å². The molecule has 0 saturated heterocycles. The highest BCUT2D eigenvalue weighted by atomic mass is 19.3. The molecule has 1 fully saturated rings. The molecule has 1 aromatic heterocycles. The molecule has 2 atom stereocenters. The van der Waals surface area contributed by atoms with Crippen LogP contribution in [0.2, 0.25) is 0 Å². The molecular formula is C13H18F2O2. The Balaban J connectivity index is 1.95. The number of hydrogen-bond donors (Lipinski definition) is 1. The molecule has 0 spiro atoms. The predicted octanol–water partition coefficient (Wildman–Crippen LogP) is 3.84. The van der Waals surface area contributed by atoms with Crippen LogP contribution in [0.3, 0.4) is 0 Å². The minimum Gasteiger partial charge on any atom is -0.469 e. The molecule has 0 amide bonds. The number of aliphatic hydroxyl groups is 1. The molecule has 2 unspecified atom stereocenters. The van der Waals surface area contributed by atoms with Gasteiger partial charge in [-0.25, -0.2) is 8.78 Å². The number of alkyl halides is 2. The first-order valence-electron chi connectivity index (χ1n) is 6.08. The zero-order chi connectivity index (χ0) is 12.5. The van der Waals surface area contributed by atoms with Gasteiger partial charge in [-0.2, -0.15) is 0 Å². The fraction of sp³-hybridized carbons (Fsp3) is 0.692. The lowest BCUT2D eigenvalue weighted by atomic mass is 9.82. The van der Waals surface area contributed by atoms with Gasteiger partial charge in [0.05, 0.1) is 12.4 Å². The number of rotatable bonds is 3. The van der Waals surface area contributed by atoms with Gasteiger partial charge in [-0.05, 0) is 38.2 Å². The maximum absolute atomic E-state index is 13.2. The molecule has 0 aliphatic heterocycles. The van der Waals surface area contributed by atoms with E-state index < -0.39 is 12.0 Å². The van der Waals surface area contributed by atoms with E-state index in [9.17, 15) is 13.9 Å². The third kappa shape index (κ3) is 3.06. The van der Waals surface area contributed by atoms with E-state index in [1.807, 2.05) is 0 Å². The van der Waals surface area contributed by atoms with Crippen LogP contribution in [0.1, 0.15) is 49.5 Å². The monoisotopic (exact) mass is 244 g/mol. The number of aliphatic hydroxyl groups excluding tert-OH is 1. The van der Waals surface area contributed by atoms with Crippen molar-refractivity contribution in [2.45, 2.75) is 51.1 Å². The first-order valence-corrected chi connectivity index (χ1v) is 6.08. The predicted molar refractivity (Wildman–Crippen MR) is 59.9 cm³/mol. The summed E-state index contributed by atoms with van der Waals surface area (Å²) in [6, 6.07) is 1.71. The van der Waals surface area contributed by atoms with Crippen molar-refractivity contribution >= 4 is 0 Å². The van der Waals surface area contributed by atoms with Crippen LogP contribution in [0, 0.1) is 12.8 Å². The number of halogens is 2. The quantitative estimate of drug-likeness (QED) is 0.876. The van der Waals surface area contributed by atoms with Crippen LogP contribution in [0.25, 0.3) is 0 Å². The minimum atomic E-state index is -2.55. The number of aryl methyl sites for hydroxylation is 1. The SMILES string of the molecule is Cc1occc1C(O)CC1CCCC(F)(F)C1. The molecule has 1 heterocycles. The molecule has 4 heteroatoms. The van der Waals surface area contributed by atoms with Gasteiger partial charge in [0, 0.05) is 18.4 Å². The van der Waals surface area contributed by atoms with Crippen molar-refractivity contribution in [1.29, 1.82) is 0 Å². The molecule has 0 aromatic carbocycles. The lowest BCUT2D eigenvalue weighted by molar-refractivity contribution is -0.0591. The van der Waals surface area contributed by atoms with Crippen LogP contribution < -0.4 is 0 Å². The van der Waals surface area contributed by atoms with Gasteiger partial charge in [-0.1, -0.05) is 0 Å². The number of hydrogen-bond acceptors (Lipinski definition) is 2. The molecule has 2 nitrogen and oxygen atoms in total. The van der Waals surface area contributed by atoms with Gasteiger partial charge in [0.1, 0.15) is 5.76 Å². The van der Waals surface area contributed by atoms with Crippen molar-refractivity contribution < 1.29 is 18.3 Å². The molecular weight excluding hydrogens is 226 g/mol. The average molecular weight is 244 g/mol. The van der Waals surface area contributed by atoms with Crippen LogP contribution in [0.15, 0.2) is 16.7 Å². The van der Waals surface area contributed by atoms with Crippen molar-refractivity contribution in [3.8, 4) is 0 Å². The maximum Gasteiger partial charge on any atom is 0.248 e. The van der Waals surface area contributed by atoms with Crippen molar-refractivity contribution in [1.82, 2.24) is 0 Å². The van der Waals surface area contributed by atoms with E-state index in [0.717, 1.165) is 12.0 Å². The molecule has 1 aromatic rings. The third-order valence-corrected chi connectivity index (χ3v) is 3.56. The third-order valence-electron chi connectivity index (χ3n) is 3.56. The Hall–Kier alpha value is -0.900. The van der Waals surface area contributed by atoms with E-state index in [1.165, 1.54) is 6.26 Å². The highest BCUT2D eigenvalue weighted by molar-refractivity contribution is 5.18. The normalized spacial score (nSPS) is 25.8. The van der Waals surface area contributed by atoms with E-state index in [-0.39, 0.29) is 18.8 Å². The fourth-order valence-electron chi connectivity index (χ4n) is 2.66. The van der Waals surface area contributed by atoms with Gasteiger partial charge in [0.2, 0.25) is 5.92 Å². The lowest BCUT2D eigenvalue weighted by Crippen LogP contribution is -2.27. The van der Waals surface area contributed by atoms with Gasteiger partial charge in [-0.3, -0.25) is 0 Å². The van der Waals surface area contributed by atoms with E-state index in [1.54, 1.807) is 13.0 Å². The summed E-state index contributed by atoms with van der Waals surface area (Å²) < 4.78 is 31.6. The Morgan fingerprint density at radius 3 is 2.94 bits per heavy atom. The fourth-order valence-corrected chi connectivity index (χ4v) is 2.66. The van der Waals surface area contributed by atoms with Crippen LogP contribution >= 0.6 is 0 Å². The van der Waals surface area contributed by atoms with Crippen molar-refractivity contribution in [2.24, 2.45) is 5.92 Å². The Kier molecular flexibility index (Phi) is 3.52. The minimum absolute atomic E-state index is 0.00959. The summed E-state index contributed by atoms with van der Waals surface area (Å²) in [5, 5.41) is 10.0. The smallest absolute Gasteiger partial charge is 0.248 e. The molecule has 96 valence electrons. The van der Waals surface area contributed by atoms with Gasteiger partial charge in [0.15, 0.2) is 0 Å². The summed E-state index contributed by atoms with van der Waals surface area (Å²) in [5.41, 5.74) is 0.721. The van der Waals surface area contributed by atoms with Gasteiger partial charge >= 0.3 is 0 Å².